The van der Waals surface area contributed by atoms with E-state index >= 15 is 0 Å². The topological polar surface area (TPSA) is 42.7 Å². The van der Waals surface area contributed by atoms with Gasteiger partial charge in [0.25, 0.3) is 0 Å². The van der Waals surface area contributed by atoms with Gasteiger partial charge in [-0.2, -0.15) is 0 Å². The summed E-state index contributed by atoms with van der Waals surface area (Å²) in [4.78, 5) is 0. The minimum Gasteiger partial charge on any atom is -0.357 e. The standard InChI is InChI=1S/C7H14N4.C2H6/c1-5(2)6-9-10-7(8-3)11(6)4;1-2/h5H,1-4H3,(H,8,10);1-2H3. The second kappa shape index (κ2) is 5.56. The molecule has 0 bridgehead atoms. The maximum absolute atomic E-state index is 4.04. The van der Waals surface area contributed by atoms with Gasteiger partial charge in [0.15, 0.2) is 0 Å². The van der Waals surface area contributed by atoms with Gasteiger partial charge in [-0.1, -0.05) is 27.7 Å². The minimum atomic E-state index is 0.426. The Morgan fingerprint density at radius 3 is 2.00 bits per heavy atom. The van der Waals surface area contributed by atoms with E-state index in [2.05, 4.69) is 29.4 Å². The zero-order valence-corrected chi connectivity index (χ0v) is 9.42. The lowest BCUT2D eigenvalue weighted by atomic mass is 10.2. The molecule has 76 valence electrons. The molecule has 4 nitrogen and oxygen atoms in total. The molecule has 13 heavy (non-hydrogen) atoms. The van der Waals surface area contributed by atoms with Crippen LogP contribution in [0, 0.1) is 0 Å². The van der Waals surface area contributed by atoms with Gasteiger partial charge in [-0.25, -0.2) is 0 Å². The first kappa shape index (κ1) is 11.9. The van der Waals surface area contributed by atoms with E-state index in [1.54, 1.807) is 0 Å². The molecule has 1 N–H and O–H groups in total. The first-order valence-corrected chi connectivity index (χ1v) is 4.74. The van der Waals surface area contributed by atoms with Crippen LogP contribution in [0.15, 0.2) is 0 Å². The number of hydrogen-bond acceptors (Lipinski definition) is 3. The maximum atomic E-state index is 4.04. The van der Waals surface area contributed by atoms with Crippen molar-refractivity contribution in [2.24, 2.45) is 7.05 Å². The number of nitrogens with zero attached hydrogens (tertiary/aromatic N) is 3. The SMILES string of the molecule is CC.CNc1nnc(C(C)C)n1C. The average molecular weight is 184 g/mol. The number of hydrogen-bond donors (Lipinski definition) is 1. The van der Waals surface area contributed by atoms with Gasteiger partial charge < -0.3 is 9.88 Å². The number of rotatable bonds is 2. The van der Waals surface area contributed by atoms with Crippen LogP contribution in [0.3, 0.4) is 0 Å². The Balaban J connectivity index is 0.000000671. The van der Waals surface area contributed by atoms with Crippen LogP contribution in [0.2, 0.25) is 0 Å². The van der Waals surface area contributed by atoms with Crippen LogP contribution in [-0.2, 0) is 7.05 Å². The summed E-state index contributed by atoms with van der Waals surface area (Å²) in [6.45, 7) is 8.20. The van der Waals surface area contributed by atoms with Crippen molar-refractivity contribution in [2.45, 2.75) is 33.6 Å². The number of anilines is 1. The highest BCUT2D eigenvalue weighted by Crippen LogP contribution is 2.13. The van der Waals surface area contributed by atoms with Gasteiger partial charge in [0.05, 0.1) is 0 Å². The van der Waals surface area contributed by atoms with Crippen LogP contribution in [0.4, 0.5) is 5.95 Å². The molecule has 1 aromatic heterocycles. The Morgan fingerprint density at radius 2 is 1.77 bits per heavy atom. The van der Waals surface area contributed by atoms with Crippen molar-refractivity contribution in [1.29, 1.82) is 0 Å². The Morgan fingerprint density at radius 1 is 1.23 bits per heavy atom. The van der Waals surface area contributed by atoms with Crippen molar-refractivity contribution >= 4 is 5.95 Å². The number of aromatic nitrogens is 3. The third-order valence-corrected chi connectivity index (χ3v) is 1.65. The molecule has 0 aliphatic rings. The second-order valence-corrected chi connectivity index (χ2v) is 2.85. The van der Waals surface area contributed by atoms with Crippen LogP contribution in [0.25, 0.3) is 0 Å². The summed E-state index contributed by atoms with van der Waals surface area (Å²) in [6, 6.07) is 0. The molecule has 0 amide bonds. The largest absolute Gasteiger partial charge is 0.357 e. The maximum Gasteiger partial charge on any atom is 0.224 e. The van der Waals surface area contributed by atoms with E-state index in [-0.39, 0.29) is 0 Å². The van der Waals surface area contributed by atoms with Crippen LogP contribution in [-0.4, -0.2) is 21.8 Å². The summed E-state index contributed by atoms with van der Waals surface area (Å²) in [7, 11) is 3.80. The van der Waals surface area contributed by atoms with Crippen molar-refractivity contribution in [3.63, 3.8) is 0 Å². The first-order chi connectivity index (χ1) is 6.16. The van der Waals surface area contributed by atoms with E-state index in [4.69, 9.17) is 0 Å². The van der Waals surface area contributed by atoms with E-state index in [1.807, 2.05) is 32.5 Å². The van der Waals surface area contributed by atoms with Gasteiger partial charge in [0.2, 0.25) is 5.95 Å². The molecular formula is C9H20N4. The zero-order valence-electron chi connectivity index (χ0n) is 9.42. The van der Waals surface area contributed by atoms with E-state index in [9.17, 15) is 0 Å². The Labute approximate surface area is 80.4 Å². The summed E-state index contributed by atoms with van der Waals surface area (Å²) in [6.07, 6.45) is 0. The predicted molar refractivity (Wildman–Crippen MR) is 56.0 cm³/mol. The summed E-state index contributed by atoms with van der Waals surface area (Å²) in [5, 5.41) is 11.0. The molecule has 0 aromatic carbocycles. The number of nitrogens with one attached hydrogen (secondary N) is 1. The van der Waals surface area contributed by atoms with Crippen molar-refractivity contribution < 1.29 is 0 Å². The molecule has 0 saturated carbocycles. The highest BCUT2D eigenvalue weighted by atomic mass is 15.3. The highest BCUT2D eigenvalue weighted by molar-refractivity contribution is 5.24. The lowest BCUT2D eigenvalue weighted by Gasteiger charge is -2.04. The fraction of sp³-hybridized carbons (Fsp3) is 0.778. The van der Waals surface area contributed by atoms with Crippen LogP contribution >= 0.6 is 0 Å². The Hall–Kier alpha value is -1.06. The van der Waals surface area contributed by atoms with Crippen molar-refractivity contribution in [3.05, 3.63) is 5.82 Å². The normalized spacial score (nSPS) is 9.46. The molecule has 0 saturated heterocycles. The van der Waals surface area contributed by atoms with Gasteiger partial charge in [0.1, 0.15) is 5.82 Å². The van der Waals surface area contributed by atoms with Gasteiger partial charge in [0, 0.05) is 20.0 Å². The van der Waals surface area contributed by atoms with Crippen molar-refractivity contribution in [2.75, 3.05) is 12.4 Å². The Bertz CT molecular complexity index is 240. The molecule has 0 fully saturated rings. The van der Waals surface area contributed by atoms with Crippen LogP contribution in [0.1, 0.15) is 39.4 Å². The van der Waals surface area contributed by atoms with E-state index in [0.717, 1.165) is 11.8 Å². The predicted octanol–water partition coefficient (Wildman–Crippen LogP) is 2.01. The second-order valence-electron chi connectivity index (χ2n) is 2.85. The summed E-state index contributed by atoms with van der Waals surface area (Å²) in [5.41, 5.74) is 0. The Kier molecular flexibility index (Phi) is 5.11. The third kappa shape index (κ3) is 2.72. The lowest BCUT2D eigenvalue weighted by Crippen LogP contribution is -2.03. The van der Waals surface area contributed by atoms with E-state index in [0.29, 0.717) is 5.92 Å². The van der Waals surface area contributed by atoms with Crippen LogP contribution < -0.4 is 5.32 Å². The molecule has 0 atom stereocenters. The first-order valence-electron chi connectivity index (χ1n) is 4.74. The van der Waals surface area contributed by atoms with Crippen molar-refractivity contribution in [3.8, 4) is 0 Å². The monoisotopic (exact) mass is 184 g/mol. The molecule has 0 aliphatic carbocycles. The summed E-state index contributed by atoms with van der Waals surface area (Å²) >= 11 is 0. The van der Waals surface area contributed by atoms with E-state index < -0.39 is 0 Å². The fourth-order valence-corrected chi connectivity index (χ4v) is 1.06. The summed E-state index contributed by atoms with van der Waals surface area (Å²) < 4.78 is 1.96. The fourth-order valence-electron chi connectivity index (χ4n) is 1.06. The zero-order chi connectivity index (χ0) is 10.4. The average Bonchev–Trinajstić information content (AvgIpc) is 2.50. The van der Waals surface area contributed by atoms with Gasteiger partial charge in [-0.3, -0.25) is 0 Å². The van der Waals surface area contributed by atoms with Gasteiger partial charge in [-0.05, 0) is 0 Å². The molecule has 0 spiro atoms. The molecule has 1 rings (SSSR count). The van der Waals surface area contributed by atoms with E-state index in [1.165, 1.54) is 0 Å². The quantitative estimate of drug-likeness (QED) is 0.764. The molecular weight excluding hydrogens is 164 g/mol. The molecule has 0 radical (unpaired) electrons. The summed E-state index contributed by atoms with van der Waals surface area (Å²) in [5.74, 6) is 2.25. The highest BCUT2D eigenvalue weighted by Gasteiger charge is 2.09. The molecule has 0 unspecified atom stereocenters. The van der Waals surface area contributed by atoms with Crippen LogP contribution in [0.5, 0.6) is 0 Å². The lowest BCUT2D eigenvalue weighted by molar-refractivity contribution is 0.711. The van der Waals surface area contributed by atoms with Crippen molar-refractivity contribution in [1.82, 2.24) is 14.8 Å². The molecule has 1 heterocycles. The van der Waals surface area contributed by atoms with Gasteiger partial charge in [-0.15, -0.1) is 10.2 Å². The molecule has 0 aliphatic heterocycles. The third-order valence-electron chi connectivity index (χ3n) is 1.65. The minimum absolute atomic E-state index is 0.426. The smallest absolute Gasteiger partial charge is 0.224 e. The molecule has 1 aromatic rings. The molecule has 4 heteroatoms. The van der Waals surface area contributed by atoms with Gasteiger partial charge >= 0.3 is 0 Å².